The summed E-state index contributed by atoms with van der Waals surface area (Å²) < 4.78 is 0. The maximum Gasteiger partial charge on any atom is 0.307 e. The number of likely N-dealkylation sites (tertiary alicyclic amines) is 1. The molecule has 1 atom stereocenters. The summed E-state index contributed by atoms with van der Waals surface area (Å²) in [7, 11) is 0. The van der Waals surface area contributed by atoms with Crippen molar-refractivity contribution in [1.82, 2.24) is 10.2 Å². The lowest BCUT2D eigenvalue weighted by Crippen LogP contribution is -2.42. The molecule has 2 aliphatic rings. The van der Waals surface area contributed by atoms with Gasteiger partial charge in [-0.15, -0.1) is 12.4 Å². The highest BCUT2D eigenvalue weighted by Gasteiger charge is 2.29. The molecule has 0 aromatic carbocycles. The Morgan fingerprint density at radius 1 is 1.05 bits per heavy atom. The van der Waals surface area contributed by atoms with Crippen molar-refractivity contribution in [2.75, 3.05) is 19.6 Å². The van der Waals surface area contributed by atoms with Gasteiger partial charge in [0.15, 0.2) is 0 Å². The van der Waals surface area contributed by atoms with Gasteiger partial charge in [-0.1, -0.05) is 32.1 Å². The molecule has 1 saturated carbocycles. The summed E-state index contributed by atoms with van der Waals surface area (Å²) in [6.45, 7) is 1.57. The van der Waals surface area contributed by atoms with E-state index in [4.69, 9.17) is 5.11 Å². The lowest BCUT2D eigenvalue weighted by atomic mass is 9.97. The largest absolute Gasteiger partial charge is 0.481 e. The highest BCUT2D eigenvalue weighted by molar-refractivity contribution is 5.85. The van der Waals surface area contributed by atoms with Crippen LogP contribution in [-0.4, -0.2) is 47.6 Å². The van der Waals surface area contributed by atoms with Gasteiger partial charge in [0.1, 0.15) is 0 Å². The Balaban J connectivity index is 0.00000220. The van der Waals surface area contributed by atoms with E-state index in [1.807, 2.05) is 4.90 Å². The standard InChI is InChI=1S/C15H26N2O3.ClH/c18-14(11-17-9-8-12(10-17)15(19)20)16-13-6-4-2-1-3-5-7-13;/h12-13H,1-11H2,(H,16,18)(H,19,20);1H. The average Bonchev–Trinajstić information content (AvgIpc) is 2.81. The molecule has 21 heavy (non-hydrogen) atoms. The number of carbonyl (C=O) groups excluding carboxylic acids is 1. The molecule has 1 heterocycles. The van der Waals surface area contributed by atoms with Crippen molar-refractivity contribution in [3.63, 3.8) is 0 Å². The van der Waals surface area contributed by atoms with E-state index in [1.54, 1.807) is 0 Å². The van der Waals surface area contributed by atoms with E-state index in [0.29, 0.717) is 25.6 Å². The number of carboxylic acids is 1. The number of carbonyl (C=O) groups is 2. The minimum Gasteiger partial charge on any atom is -0.481 e. The number of carboxylic acid groups (broad SMARTS) is 1. The van der Waals surface area contributed by atoms with Gasteiger partial charge < -0.3 is 10.4 Å². The molecule has 6 heteroatoms. The number of nitrogens with one attached hydrogen (secondary N) is 1. The number of amides is 1. The van der Waals surface area contributed by atoms with Gasteiger partial charge in [0.2, 0.25) is 5.91 Å². The molecule has 2 N–H and O–H groups in total. The van der Waals surface area contributed by atoms with Crippen molar-refractivity contribution in [2.24, 2.45) is 5.92 Å². The van der Waals surface area contributed by atoms with Crippen LogP contribution in [0.5, 0.6) is 0 Å². The van der Waals surface area contributed by atoms with Crippen molar-refractivity contribution in [3.05, 3.63) is 0 Å². The summed E-state index contributed by atoms with van der Waals surface area (Å²) in [5.41, 5.74) is 0. The van der Waals surface area contributed by atoms with Crippen LogP contribution in [0.1, 0.15) is 51.4 Å². The average molecular weight is 319 g/mol. The Hall–Kier alpha value is -0.810. The third-order valence-electron chi connectivity index (χ3n) is 4.46. The van der Waals surface area contributed by atoms with Crippen LogP contribution < -0.4 is 5.32 Å². The Kier molecular flexibility index (Phi) is 8.04. The van der Waals surface area contributed by atoms with Crippen LogP contribution in [0.3, 0.4) is 0 Å². The van der Waals surface area contributed by atoms with E-state index < -0.39 is 5.97 Å². The summed E-state index contributed by atoms with van der Waals surface area (Å²) in [6, 6.07) is 0.320. The van der Waals surface area contributed by atoms with Crippen molar-refractivity contribution in [2.45, 2.75) is 57.4 Å². The number of rotatable bonds is 4. The van der Waals surface area contributed by atoms with E-state index in [0.717, 1.165) is 19.4 Å². The lowest BCUT2D eigenvalue weighted by molar-refractivity contribution is -0.141. The Bertz CT molecular complexity index is 344. The quantitative estimate of drug-likeness (QED) is 0.832. The van der Waals surface area contributed by atoms with Gasteiger partial charge in [0, 0.05) is 12.6 Å². The molecular formula is C15H27ClN2O3. The van der Waals surface area contributed by atoms with Crippen molar-refractivity contribution >= 4 is 24.3 Å². The van der Waals surface area contributed by atoms with Crippen LogP contribution in [0.2, 0.25) is 0 Å². The van der Waals surface area contributed by atoms with Gasteiger partial charge >= 0.3 is 5.97 Å². The van der Waals surface area contributed by atoms with Crippen LogP contribution in [0.15, 0.2) is 0 Å². The first-order valence-electron chi connectivity index (χ1n) is 7.89. The summed E-state index contributed by atoms with van der Waals surface area (Å²) >= 11 is 0. The summed E-state index contributed by atoms with van der Waals surface area (Å²) in [4.78, 5) is 24.9. The van der Waals surface area contributed by atoms with E-state index in [2.05, 4.69) is 5.32 Å². The van der Waals surface area contributed by atoms with E-state index >= 15 is 0 Å². The minimum absolute atomic E-state index is 0. The molecule has 122 valence electrons. The number of nitrogens with zero attached hydrogens (tertiary/aromatic N) is 1. The molecule has 2 rings (SSSR count). The van der Waals surface area contributed by atoms with E-state index in [9.17, 15) is 9.59 Å². The molecule has 1 unspecified atom stereocenters. The second-order valence-electron chi connectivity index (χ2n) is 6.17. The number of hydrogen-bond donors (Lipinski definition) is 2. The first-order valence-corrected chi connectivity index (χ1v) is 7.89. The maximum atomic E-state index is 12.0. The molecule has 5 nitrogen and oxygen atoms in total. The van der Waals surface area contributed by atoms with Gasteiger partial charge in [-0.25, -0.2) is 0 Å². The van der Waals surface area contributed by atoms with Crippen molar-refractivity contribution < 1.29 is 14.7 Å². The number of hydrogen-bond acceptors (Lipinski definition) is 3. The third kappa shape index (κ3) is 6.22. The number of halogens is 1. The monoisotopic (exact) mass is 318 g/mol. The summed E-state index contributed by atoms with van der Waals surface area (Å²) in [5.74, 6) is -0.987. The summed E-state index contributed by atoms with van der Waals surface area (Å²) in [5, 5.41) is 12.1. The lowest BCUT2D eigenvalue weighted by Gasteiger charge is -2.22. The molecule has 0 radical (unpaired) electrons. The normalized spacial score (nSPS) is 24.7. The van der Waals surface area contributed by atoms with Crippen molar-refractivity contribution in [1.29, 1.82) is 0 Å². The van der Waals surface area contributed by atoms with Crippen LogP contribution in [0.4, 0.5) is 0 Å². The predicted octanol–water partition coefficient (Wildman–Crippen LogP) is 2.04. The van der Waals surface area contributed by atoms with Gasteiger partial charge in [0.25, 0.3) is 0 Å². The fraction of sp³-hybridized carbons (Fsp3) is 0.867. The van der Waals surface area contributed by atoms with Gasteiger partial charge in [-0.2, -0.15) is 0 Å². The van der Waals surface area contributed by atoms with Gasteiger partial charge in [-0.05, 0) is 25.8 Å². The molecule has 0 spiro atoms. The zero-order valence-corrected chi connectivity index (χ0v) is 13.4. The van der Waals surface area contributed by atoms with E-state index in [1.165, 1.54) is 32.1 Å². The summed E-state index contributed by atoms with van der Waals surface area (Å²) in [6.07, 6.45) is 9.12. The first-order chi connectivity index (χ1) is 9.65. The second-order valence-corrected chi connectivity index (χ2v) is 6.17. The molecule has 1 saturated heterocycles. The molecular weight excluding hydrogens is 292 g/mol. The van der Waals surface area contributed by atoms with Crippen LogP contribution in [-0.2, 0) is 9.59 Å². The fourth-order valence-corrected chi connectivity index (χ4v) is 3.25. The molecule has 1 amide bonds. The van der Waals surface area contributed by atoms with Crippen LogP contribution >= 0.6 is 12.4 Å². The third-order valence-corrected chi connectivity index (χ3v) is 4.46. The smallest absolute Gasteiger partial charge is 0.307 e. The van der Waals surface area contributed by atoms with E-state index in [-0.39, 0.29) is 24.2 Å². The van der Waals surface area contributed by atoms with Gasteiger partial charge in [-0.3, -0.25) is 14.5 Å². The second kappa shape index (κ2) is 9.26. The zero-order valence-electron chi connectivity index (χ0n) is 12.6. The van der Waals surface area contributed by atoms with Crippen LogP contribution in [0.25, 0.3) is 0 Å². The highest BCUT2D eigenvalue weighted by atomic mass is 35.5. The molecule has 2 fully saturated rings. The fourth-order valence-electron chi connectivity index (χ4n) is 3.25. The molecule has 0 aromatic rings. The predicted molar refractivity (Wildman–Crippen MR) is 83.7 cm³/mol. The zero-order chi connectivity index (χ0) is 14.4. The topological polar surface area (TPSA) is 69.6 Å². The Morgan fingerprint density at radius 3 is 2.24 bits per heavy atom. The molecule has 0 aromatic heterocycles. The van der Waals surface area contributed by atoms with Gasteiger partial charge in [0.05, 0.1) is 12.5 Å². The highest BCUT2D eigenvalue weighted by Crippen LogP contribution is 2.18. The Morgan fingerprint density at radius 2 is 1.67 bits per heavy atom. The SMILES string of the molecule is Cl.O=C(CN1CCC(C(=O)O)C1)NC1CCCCCCC1. The minimum atomic E-state index is -0.743. The Labute approximate surface area is 132 Å². The number of aliphatic carboxylic acids is 1. The molecule has 0 bridgehead atoms. The maximum absolute atomic E-state index is 12.0. The van der Waals surface area contributed by atoms with Crippen LogP contribution in [0, 0.1) is 5.92 Å². The molecule has 1 aliphatic heterocycles. The molecule has 1 aliphatic carbocycles. The van der Waals surface area contributed by atoms with Crippen molar-refractivity contribution in [3.8, 4) is 0 Å². The first kappa shape index (κ1) is 18.2.